The van der Waals surface area contributed by atoms with Crippen molar-refractivity contribution in [2.45, 2.75) is 26.3 Å². The number of rotatable bonds is 2. The highest BCUT2D eigenvalue weighted by Crippen LogP contribution is 2.20. The number of aryl methyl sites for hydroxylation is 1. The van der Waals surface area contributed by atoms with E-state index < -0.39 is 0 Å². The Morgan fingerprint density at radius 1 is 1.33 bits per heavy atom. The summed E-state index contributed by atoms with van der Waals surface area (Å²) in [6, 6.07) is 6.44. The molecule has 0 saturated heterocycles. The lowest BCUT2D eigenvalue weighted by Gasteiger charge is -2.08. The molecule has 3 heteroatoms. The molecule has 1 heterocycles. The van der Waals surface area contributed by atoms with Gasteiger partial charge in [0, 0.05) is 6.54 Å². The Kier molecular flexibility index (Phi) is 4.92. The van der Waals surface area contributed by atoms with Gasteiger partial charge in [-0.15, -0.1) is 12.4 Å². The minimum atomic E-state index is 0. The van der Waals surface area contributed by atoms with E-state index in [4.69, 9.17) is 4.74 Å². The van der Waals surface area contributed by atoms with Crippen LogP contribution in [0, 0.1) is 0 Å². The Hall–Kier alpha value is -0.730. The van der Waals surface area contributed by atoms with Gasteiger partial charge in [0.05, 0.1) is 6.61 Å². The molecule has 15 heavy (non-hydrogen) atoms. The SMILES string of the molecule is CCOc1ccc2c(c1)CNCCC2.Cl. The molecule has 1 aromatic rings. The van der Waals surface area contributed by atoms with Gasteiger partial charge >= 0.3 is 0 Å². The third-order valence-corrected chi connectivity index (χ3v) is 2.60. The molecule has 1 aromatic carbocycles. The maximum absolute atomic E-state index is 5.48. The van der Waals surface area contributed by atoms with Gasteiger partial charge in [0.15, 0.2) is 0 Å². The average Bonchev–Trinajstić information content (AvgIpc) is 2.42. The fourth-order valence-electron chi connectivity index (χ4n) is 1.89. The first kappa shape index (κ1) is 12.3. The van der Waals surface area contributed by atoms with E-state index in [9.17, 15) is 0 Å². The summed E-state index contributed by atoms with van der Waals surface area (Å²) in [4.78, 5) is 0. The highest BCUT2D eigenvalue weighted by Gasteiger charge is 2.07. The van der Waals surface area contributed by atoms with Crippen LogP contribution in [0.5, 0.6) is 5.75 Å². The van der Waals surface area contributed by atoms with Crippen LogP contribution in [0.2, 0.25) is 0 Å². The lowest BCUT2D eigenvalue weighted by molar-refractivity contribution is 0.339. The molecule has 2 nitrogen and oxygen atoms in total. The Balaban J connectivity index is 0.00000112. The second-order valence-electron chi connectivity index (χ2n) is 3.64. The van der Waals surface area contributed by atoms with Crippen LogP contribution >= 0.6 is 12.4 Å². The second-order valence-corrected chi connectivity index (χ2v) is 3.64. The first-order chi connectivity index (χ1) is 6.90. The van der Waals surface area contributed by atoms with Crippen molar-refractivity contribution in [2.24, 2.45) is 0 Å². The van der Waals surface area contributed by atoms with Gasteiger partial charge in [-0.1, -0.05) is 6.07 Å². The molecule has 0 bridgehead atoms. The number of fused-ring (bicyclic) bond motifs is 1. The van der Waals surface area contributed by atoms with Crippen LogP contribution in [0.1, 0.15) is 24.5 Å². The zero-order chi connectivity index (χ0) is 9.80. The fraction of sp³-hybridized carbons (Fsp3) is 0.500. The van der Waals surface area contributed by atoms with Crippen molar-refractivity contribution in [1.29, 1.82) is 0 Å². The van der Waals surface area contributed by atoms with E-state index in [2.05, 4.69) is 23.5 Å². The molecule has 0 aliphatic carbocycles. The lowest BCUT2D eigenvalue weighted by atomic mass is 10.0. The summed E-state index contributed by atoms with van der Waals surface area (Å²) in [6.45, 7) is 4.87. The van der Waals surface area contributed by atoms with Gasteiger partial charge in [-0.05, 0) is 49.6 Å². The van der Waals surface area contributed by atoms with Gasteiger partial charge in [0.25, 0.3) is 0 Å². The van der Waals surface area contributed by atoms with Crippen molar-refractivity contribution < 1.29 is 4.74 Å². The predicted molar refractivity (Wildman–Crippen MR) is 64.9 cm³/mol. The summed E-state index contributed by atoms with van der Waals surface area (Å²) in [5, 5.41) is 3.42. The summed E-state index contributed by atoms with van der Waals surface area (Å²) < 4.78 is 5.48. The number of halogens is 1. The summed E-state index contributed by atoms with van der Waals surface area (Å²) in [5.41, 5.74) is 2.87. The first-order valence-electron chi connectivity index (χ1n) is 5.35. The van der Waals surface area contributed by atoms with Gasteiger partial charge < -0.3 is 10.1 Å². The van der Waals surface area contributed by atoms with Gasteiger partial charge in [-0.25, -0.2) is 0 Å². The molecule has 0 saturated carbocycles. The minimum Gasteiger partial charge on any atom is -0.494 e. The second kappa shape index (κ2) is 5.99. The highest BCUT2D eigenvalue weighted by atomic mass is 35.5. The first-order valence-corrected chi connectivity index (χ1v) is 5.35. The quantitative estimate of drug-likeness (QED) is 0.839. The number of hydrogen-bond acceptors (Lipinski definition) is 2. The van der Waals surface area contributed by atoms with E-state index in [-0.39, 0.29) is 12.4 Å². The van der Waals surface area contributed by atoms with E-state index in [1.807, 2.05) is 6.92 Å². The maximum atomic E-state index is 5.48. The molecule has 2 rings (SSSR count). The van der Waals surface area contributed by atoms with Crippen LogP contribution in [0.25, 0.3) is 0 Å². The summed E-state index contributed by atoms with van der Waals surface area (Å²) >= 11 is 0. The number of benzene rings is 1. The highest BCUT2D eigenvalue weighted by molar-refractivity contribution is 5.85. The van der Waals surface area contributed by atoms with E-state index in [1.165, 1.54) is 24.0 Å². The third-order valence-electron chi connectivity index (χ3n) is 2.60. The predicted octanol–water partition coefficient (Wildman–Crippen LogP) is 2.54. The third kappa shape index (κ3) is 3.11. The average molecular weight is 228 g/mol. The molecule has 0 atom stereocenters. The van der Waals surface area contributed by atoms with Crippen LogP contribution in [-0.4, -0.2) is 13.2 Å². The maximum Gasteiger partial charge on any atom is 0.119 e. The zero-order valence-electron chi connectivity index (χ0n) is 9.08. The molecular weight excluding hydrogens is 210 g/mol. The largest absolute Gasteiger partial charge is 0.494 e. The van der Waals surface area contributed by atoms with Gasteiger partial charge in [-0.3, -0.25) is 0 Å². The van der Waals surface area contributed by atoms with Crippen molar-refractivity contribution in [3.63, 3.8) is 0 Å². The van der Waals surface area contributed by atoms with Crippen LogP contribution in [0.3, 0.4) is 0 Å². The normalized spacial score (nSPS) is 14.7. The molecule has 0 fully saturated rings. The lowest BCUT2D eigenvalue weighted by Crippen LogP contribution is -2.12. The Bertz CT molecular complexity index is 314. The van der Waals surface area contributed by atoms with E-state index in [0.717, 1.165) is 25.4 Å². The Morgan fingerprint density at radius 3 is 3.00 bits per heavy atom. The number of nitrogens with one attached hydrogen (secondary N) is 1. The molecule has 0 aromatic heterocycles. The van der Waals surface area contributed by atoms with Crippen LogP contribution in [0.15, 0.2) is 18.2 Å². The van der Waals surface area contributed by atoms with Gasteiger partial charge in [-0.2, -0.15) is 0 Å². The molecule has 0 amide bonds. The molecule has 1 aliphatic rings. The van der Waals surface area contributed by atoms with E-state index >= 15 is 0 Å². The molecule has 84 valence electrons. The van der Waals surface area contributed by atoms with Crippen LogP contribution in [-0.2, 0) is 13.0 Å². The molecule has 0 radical (unpaired) electrons. The van der Waals surface area contributed by atoms with Crippen LogP contribution < -0.4 is 10.1 Å². The van der Waals surface area contributed by atoms with E-state index in [0.29, 0.717) is 0 Å². The smallest absolute Gasteiger partial charge is 0.119 e. The Labute approximate surface area is 97.4 Å². The molecule has 1 aliphatic heterocycles. The Morgan fingerprint density at radius 2 is 2.20 bits per heavy atom. The van der Waals surface area contributed by atoms with Gasteiger partial charge in [0.1, 0.15) is 5.75 Å². The van der Waals surface area contributed by atoms with E-state index in [1.54, 1.807) is 0 Å². The minimum absolute atomic E-state index is 0. The number of ether oxygens (including phenoxy) is 1. The van der Waals surface area contributed by atoms with Crippen molar-refractivity contribution in [2.75, 3.05) is 13.2 Å². The van der Waals surface area contributed by atoms with Crippen molar-refractivity contribution in [3.8, 4) is 5.75 Å². The zero-order valence-corrected chi connectivity index (χ0v) is 9.90. The number of hydrogen-bond donors (Lipinski definition) is 1. The molecule has 0 unspecified atom stereocenters. The monoisotopic (exact) mass is 227 g/mol. The molecule has 1 N–H and O–H groups in total. The van der Waals surface area contributed by atoms with Crippen molar-refractivity contribution >= 4 is 12.4 Å². The standard InChI is InChI=1S/C12H17NO.ClH/c1-2-14-12-6-5-10-4-3-7-13-9-11(10)8-12;/h5-6,8,13H,2-4,7,9H2,1H3;1H. The molecular formula is C12H18ClNO. The van der Waals surface area contributed by atoms with Crippen LogP contribution in [0.4, 0.5) is 0 Å². The topological polar surface area (TPSA) is 21.3 Å². The van der Waals surface area contributed by atoms with Crippen molar-refractivity contribution in [1.82, 2.24) is 5.32 Å². The summed E-state index contributed by atoms with van der Waals surface area (Å²) in [5.74, 6) is 0.995. The van der Waals surface area contributed by atoms with Crippen molar-refractivity contribution in [3.05, 3.63) is 29.3 Å². The fourth-order valence-corrected chi connectivity index (χ4v) is 1.89. The summed E-state index contributed by atoms with van der Waals surface area (Å²) in [6.07, 6.45) is 2.43. The molecule has 0 spiro atoms. The van der Waals surface area contributed by atoms with Gasteiger partial charge in [0.2, 0.25) is 0 Å². The summed E-state index contributed by atoms with van der Waals surface area (Å²) in [7, 11) is 0.